The molecule has 3 heteroatoms. The van der Waals surface area contributed by atoms with Gasteiger partial charge in [-0.25, -0.2) is 0 Å². The summed E-state index contributed by atoms with van der Waals surface area (Å²) in [7, 11) is 0. The Labute approximate surface area is 112 Å². The summed E-state index contributed by atoms with van der Waals surface area (Å²) in [5.41, 5.74) is 1.16. The molecule has 0 aliphatic rings. The minimum Gasteiger partial charge on any atom is -0.481 e. The summed E-state index contributed by atoms with van der Waals surface area (Å²) in [5, 5.41) is 8.71. The molecule has 2 aromatic rings. The number of carboxylic acids is 1. The molecule has 1 N–H and O–H groups in total. The van der Waals surface area contributed by atoms with Crippen LogP contribution >= 0.6 is 0 Å². The van der Waals surface area contributed by atoms with E-state index in [0.717, 1.165) is 0 Å². The molecule has 0 radical (unpaired) electrons. The van der Waals surface area contributed by atoms with Crippen molar-refractivity contribution in [2.45, 2.75) is 12.8 Å². The molecule has 0 amide bonds. The summed E-state index contributed by atoms with van der Waals surface area (Å²) in [4.78, 5) is 21.0. The number of aldehydes is 1. The molecule has 1 unspecified atom stereocenters. The Hall–Kier alpha value is -2.42. The van der Waals surface area contributed by atoms with Crippen molar-refractivity contribution in [2.24, 2.45) is 0 Å². The predicted octanol–water partition coefficient (Wildman–Crippen LogP) is 3.37. The van der Waals surface area contributed by atoms with E-state index >= 15 is 0 Å². The fraction of sp³-hybridized carbons (Fsp3) is 0.125. The number of hydrogen-bond donors (Lipinski definition) is 1. The first-order valence-electron chi connectivity index (χ1n) is 5.93. The van der Waals surface area contributed by atoms with Crippen LogP contribution in [0.25, 0.3) is 0 Å². The first-order valence-corrected chi connectivity index (χ1v) is 5.93. The number of carbonyl (C=O) groups excluding carboxylic acids is 1. The topological polar surface area (TPSA) is 54.4 Å². The number of carboxylic acid groups (broad SMARTS) is 1. The van der Waals surface area contributed by atoms with Gasteiger partial charge in [0.1, 0.15) is 6.29 Å². The lowest BCUT2D eigenvalue weighted by Gasteiger charge is -2.05. The first-order chi connectivity index (χ1) is 9.15. The molecule has 2 rings (SSSR count). The van der Waals surface area contributed by atoms with Crippen molar-refractivity contribution in [3.05, 3.63) is 71.8 Å². The minimum absolute atomic E-state index is 0.505. The van der Waals surface area contributed by atoms with Gasteiger partial charge in [0.05, 0.1) is 5.92 Å². The molecule has 1 atom stereocenters. The highest BCUT2D eigenvalue weighted by Gasteiger charge is 2.13. The molecular weight excluding hydrogens is 240 g/mol. The van der Waals surface area contributed by atoms with Crippen LogP contribution in [-0.2, 0) is 4.79 Å². The van der Waals surface area contributed by atoms with Gasteiger partial charge in [0.2, 0.25) is 0 Å². The molecule has 0 saturated heterocycles. The summed E-state index contributed by atoms with van der Waals surface area (Å²) in [6.07, 6.45) is 0.706. The molecule has 0 saturated carbocycles. The fourth-order valence-corrected chi connectivity index (χ4v) is 1.43. The number of rotatable bonds is 3. The van der Waals surface area contributed by atoms with Crippen LogP contribution in [0, 0.1) is 0 Å². The van der Waals surface area contributed by atoms with E-state index in [2.05, 4.69) is 0 Å². The van der Waals surface area contributed by atoms with E-state index in [1.54, 1.807) is 31.2 Å². The van der Waals surface area contributed by atoms with E-state index in [1.165, 1.54) is 0 Å². The third-order valence-electron chi connectivity index (χ3n) is 2.58. The monoisotopic (exact) mass is 256 g/mol. The van der Waals surface area contributed by atoms with Crippen LogP contribution in [-0.4, -0.2) is 17.4 Å². The van der Waals surface area contributed by atoms with Gasteiger partial charge < -0.3 is 5.11 Å². The average molecular weight is 256 g/mol. The minimum atomic E-state index is -0.886. The Bertz CT molecular complexity index is 494. The Morgan fingerprint density at radius 3 is 2.00 bits per heavy atom. The molecule has 0 spiro atoms. The van der Waals surface area contributed by atoms with Gasteiger partial charge in [-0.1, -0.05) is 54.6 Å². The molecule has 0 heterocycles. The molecule has 0 bridgehead atoms. The van der Waals surface area contributed by atoms with E-state index < -0.39 is 11.9 Å². The summed E-state index contributed by atoms with van der Waals surface area (Å²) >= 11 is 0. The second kappa shape index (κ2) is 7.82. The number of hydrogen-bond acceptors (Lipinski definition) is 2. The Morgan fingerprint density at radius 1 is 1.05 bits per heavy atom. The average Bonchev–Trinajstić information content (AvgIpc) is 2.49. The second-order valence-electron chi connectivity index (χ2n) is 4.00. The summed E-state index contributed by atoms with van der Waals surface area (Å²) in [6.45, 7) is 1.59. The third kappa shape index (κ3) is 5.17. The van der Waals surface area contributed by atoms with E-state index in [9.17, 15) is 9.59 Å². The van der Waals surface area contributed by atoms with Crippen molar-refractivity contribution in [2.75, 3.05) is 0 Å². The first kappa shape index (κ1) is 14.6. The zero-order valence-corrected chi connectivity index (χ0v) is 10.7. The highest BCUT2D eigenvalue weighted by molar-refractivity contribution is 5.78. The summed E-state index contributed by atoms with van der Waals surface area (Å²) < 4.78 is 0. The van der Waals surface area contributed by atoms with Gasteiger partial charge in [-0.3, -0.25) is 9.59 Å². The SMILES string of the molecule is CC(C(=O)O)c1cccc(C=O)c1.c1ccccc1. The maximum atomic E-state index is 10.6. The van der Waals surface area contributed by atoms with Crippen LogP contribution in [0.15, 0.2) is 60.7 Å². The maximum Gasteiger partial charge on any atom is 0.310 e. The van der Waals surface area contributed by atoms with Crippen LogP contribution in [0.1, 0.15) is 28.8 Å². The van der Waals surface area contributed by atoms with Gasteiger partial charge in [0.15, 0.2) is 0 Å². The lowest BCUT2D eigenvalue weighted by molar-refractivity contribution is -0.138. The predicted molar refractivity (Wildman–Crippen MR) is 74.3 cm³/mol. The van der Waals surface area contributed by atoms with Gasteiger partial charge in [0.25, 0.3) is 0 Å². The number of aliphatic carboxylic acids is 1. The number of benzene rings is 2. The Morgan fingerprint density at radius 2 is 1.58 bits per heavy atom. The van der Waals surface area contributed by atoms with Crippen LogP contribution < -0.4 is 0 Å². The lowest BCUT2D eigenvalue weighted by Crippen LogP contribution is -2.07. The zero-order chi connectivity index (χ0) is 14.1. The molecule has 19 heavy (non-hydrogen) atoms. The van der Waals surface area contributed by atoms with Crippen LogP contribution in [0.3, 0.4) is 0 Å². The van der Waals surface area contributed by atoms with Crippen molar-refractivity contribution >= 4 is 12.3 Å². The van der Waals surface area contributed by atoms with E-state index in [-0.39, 0.29) is 0 Å². The van der Waals surface area contributed by atoms with E-state index in [4.69, 9.17) is 5.11 Å². The van der Waals surface area contributed by atoms with Crippen molar-refractivity contribution in [3.63, 3.8) is 0 Å². The molecule has 0 aliphatic carbocycles. The molecule has 0 aliphatic heterocycles. The molecule has 0 aromatic heterocycles. The van der Waals surface area contributed by atoms with Gasteiger partial charge >= 0.3 is 5.97 Å². The van der Waals surface area contributed by atoms with E-state index in [1.807, 2.05) is 36.4 Å². The van der Waals surface area contributed by atoms with Crippen molar-refractivity contribution < 1.29 is 14.7 Å². The molecule has 2 aromatic carbocycles. The van der Waals surface area contributed by atoms with Crippen LogP contribution in [0.4, 0.5) is 0 Å². The molecular formula is C16H16O3. The summed E-state index contributed by atoms with van der Waals surface area (Å²) in [6, 6.07) is 18.6. The largest absolute Gasteiger partial charge is 0.481 e. The zero-order valence-electron chi connectivity index (χ0n) is 10.7. The molecule has 98 valence electrons. The van der Waals surface area contributed by atoms with Crippen molar-refractivity contribution in [1.82, 2.24) is 0 Å². The Balaban J connectivity index is 0.000000250. The fourth-order valence-electron chi connectivity index (χ4n) is 1.43. The van der Waals surface area contributed by atoms with Gasteiger partial charge in [-0.05, 0) is 18.6 Å². The molecule has 3 nitrogen and oxygen atoms in total. The van der Waals surface area contributed by atoms with Crippen molar-refractivity contribution in [1.29, 1.82) is 0 Å². The van der Waals surface area contributed by atoms with Crippen molar-refractivity contribution in [3.8, 4) is 0 Å². The van der Waals surface area contributed by atoms with E-state index in [0.29, 0.717) is 17.4 Å². The standard InChI is InChI=1S/C10H10O3.C6H6/c1-7(10(12)13)9-4-2-3-8(5-9)6-11;1-2-4-6-5-3-1/h2-7H,1H3,(H,12,13);1-6H. The Kier molecular flexibility index (Phi) is 6.03. The highest BCUT2D eigenvalue weighted by atomic mass is 16.4. The maximum absolute atomic E-state index is 10.6. The smallest absolute Gasteiger partial charge is 0.310 e. The molecule has 0 fully saturated rings. The normalized spacial score (nSPS) is 10.8. The van der Waals surface area contributed by atoms with Gasteiger partial charge in [-0.2, -0.15) is 0 Å². The van der Waals surface area contributed by atoms with Gasteiger partial charge in [-0.15, -0.1) is 0 Å². The lowest BCUT2D eigenvalue weighted by atomic mass is 10.00. The third-order valence-corrected chi connectivity index (χ3v) is 2.58. The summed E-state index contributed by atoms with van der Waals surface area (Å²) in [5.74, 6) is -1.46. The highest BCUT2D eigenvalue weighted by Crippen LogP contribution is 2.15. The van der Waals surface area contributed by atoms with Crippen LogP contribution in [0.5, 0.6) is 0 Å². The van der Waals surface area contributed by atoms with Crippen LogP contribution in [0.2, 0.25) is 0 Å². The number of carbonyl (C=O) groups is 2. The van der Waals surface area contributed by atoms with Gasteiger partial charge in [0, 0.05) is 5.56 Å². The quantitative estimate of drug-likeness (QED) is 0.856. The second-order valence-corrected chi connectivity index (χ2v) is 4.00.